The lowest BCUT2D eigenvalue weighted by atomic mass is 10.1. The van der Waals surface area contributed by atoms with Gasteiger partial charge in [-0.3, -0.25) is 9.78 Å². The fourth-order valence-electron chi connectivity index (χ4n) is 1.34. The van der Waals surface area contributed by atoms with Crippen molar-refractivity contribution in [3.63, 3.8) is 0 Å². The predicted molar refractivity (Wildman–Crippen MR) is 76.8 cm³/mol. The van der Waals surface area contributed by atoms with Crippen LogP contribution >= 0.6 is 0 Å². The van der Waals surface area contributed by atoms with Crippen LogP contribution in [-0.4, -0.2) is 10.9 Å². The Morgan fingerprint density at radius 1 is 1.17 bits per heavy atom. The maximum atomic E-state index is 11.8. The minimum absolute atomic E-state index is 0. The number of anilines is 1. The molecule has 1 aromatic heterocycles. The molecule has 3 heteroatoms. The van der Waals surface area contributed by atoms with E-state index in [9.17, 15) is 4.79 Å². The standard InChI is InChI=1S/C13H12N2O.C2H6.H2/c1-10-4-6-11(7-5-10)13(16)15-12-3-2-8-14-9-12;1-2;/h2-9H,1H3,(H,15,16);1-2H3;1H. The fourth-order valence-corrected chi connectivity index (χ4v) is 1.34. The van der Waals surface area contributed by atoms with Gasteiger partial charge in [0.2, 0.25) is 0 Å². The Bertz CT molecular complexity index is 483. The van der Waals surface area contributed by atoms with Crippen LogP contribution in [0.5, 0.6) is 0 Å². The van der Waals surface area contributed by atoms with Crippen molar-refractivity contribution in [1.29, 1.82) is 0 Å². The highest BCUT2D eigenvalue weighted by atomic mass is 16.1. The molecule has 3 nitrogen and oxygen atoms in total. The molecule has 0 saturated heterocycles. The number of rotatable bonds is 2. The Kier molecular flexibility index (Phi) is 5.58. The monoisotopic (exact) mass is 244 g/mol. The minimum Gasteiger partial charge on any atom is -0.321 e. The zero-order valence-corrected chi connectivity index (χ0v) is 11.0. The van der Waals surface area contributed by atoms with Crippen molar-refractivity contribution in [1.82, 2.24) is 4.98 Å². The lowest BCUT2D eigenvalue weighted by Crippen LogP contribution is -2.11. The smallest absolute Gasteiger partial charge is 0.255 e. The summed E-state index contributed by atoms with van der Waals surface area (Å²) in [5.74, 6) is -0.118. The van der Waals surface area contributed by atoms with Gasteiger partial charge in [0, 0.05) is 13.2 Å². The van der Waals surface area contributed by atoms with Gasteiger partial charge in [-0.1, -0.05) is 31.5 Å². The van der Waals surface area contributed by atoms with Crippen molar-refractivity contribution < 1.29 is 6.22 Å². The van der Waals surface area contributed by atoms with Crippen LogP contribution in [0.1, 0.15) is 31.2 Å². The van der Waals surface area contributed by atoms with Gasteiger partial charge >= 0.3 is 0 Å². The highest BCUT2D eigenvalue weighted by Gasteiger charge is 2.04. The van der Waals surface area contributed by atoms with Gasteiger partial charge in [-0.15, -0.1) is 0 Å². The quantitative estimate of drug-likeness (QED) is 0.870. The maximum Gasteiger partial charge on any atom is 0.255 e. The van der Waals surface area contributed by atoms with E-state index >= 15 is 0 Å². The molecule has 2 rings (SSSR count). The second-order valence-corrected chi connectivity index (χ2v) is 3.56. The number of hydrogen-bond acceptors (Lipinski definition) is 2. The number of aryl methyl sites for hydroxylation is 1. The number of aromatic nitrogens is 1. The van der Waals surface area contributed by atoms with Crippen LogP contribution in [0.3, 0.4) is 0 Å². The Balaban J connectivity index is 0.00000103. The normalized spacial score (nSPS) is 9.06. The molecule has 0 saturated carbocycles. The molecule has 1 heterocycles. The zero-order chi connectivity index (χ0) is 13.4. The van der Waals surface area contributed by atoms with Crippen LogP contribution in [0.15, 0.2) is 48.8 Å². The largest absolute Gasteiger partial charge is 0.321 e. The summed E-state index contributed by atoms with van der Waals surface area (Å²) in [4.78, 5) is 15.7. The Labute approximate surface area is 109 Å². The van der Waals surface area contributed by atoms with Gasteiger partial charge in [0.1, 0.15) is 0 Å². The molecule has 1 aromatic carbocycles. The average molecular weight is 244 g/mol. The second kappa shape index (κ2) is 7.22. The summed E-state index contributed by atoms with van der Waals surface area (Å²) in [6.07, 6.45) is 3.29. The Morgan fingerprint density at radius 3 is 2.39 bits per heavy atom. The van der Waals surface area contributed by atoms with Crippen LogP contribution in [0.25, 0.3) is 0 Å². The third-order valence-electron chi connectivity index (χ3n) is 2.23. The van der Waals surface area contributed by atoms with Crippen molar-refractivity contribution in [3.8, 4) is 0 Å². The third kappa shape index (κ3) is 4.01. The highest BCUT2D eigenvalue weighted by Crippen LogP contribution is 2.08. The molecule has 0 aliphatic heterocycles. The first-order chi connectivity index (χ1) is 8.75. The molecular weight excluding hydrogens is 224 g/mol. The number of nitrogens with zero attached hydrogens (tertiary/aromatic N) is 1. The average Bonchev–Trinajstić information content (AvgIpc) is 2.43. The van der Waals surface area contributed by atoms with Crippen LogP contribution in [0, 0.1) is 6.92 Å². The van der Waals surface area contributed by atoms with Gasteiger partial charge in [-0.05, 0) is 31.2 Å². The van der Waals surface area contributed by atoms with Gasteiger partial charge in [-0.25, -0.2) is 0 Å². The van der Waals surface area contributed by atoms with Crippen molar-refractivity contribution in [3.05, 3.63) is 59.9 Å². The SMILES string of the molecule is CC.Cc1ccc(C(=O)Nc2cccnc2)cc1.[HH]. The van der Waals surface area contributed by atoms with E-state index < -0.39 is 0 Å². The van der Waals surface area contributed by atoms with E-state index in [0.717, 1.165) is 5.56 Å². The van der Waals surface area contributed by atoms with Crippen LogP contribution in [0.2, 0.25) is 0 Å². The van der Waals surface area contributed by atoms with Crippen LogP contribution in [-0.2, 0) is 0 Å². The van der Waals surface area contributed by atoms with Crippen LogP contribution < -0.4 is 5.32 Å². The third-order valence-corrected chi connectivity index (χ3v) is 2.23. The summed E-state index contributed by atoms with van der Waals surface area (Å²) < 4.78 is 0. The molecule has 96 valence electrons. The molecular formula is C15H20N2O. The topological polar surface area (TPSA) is 42.0 Å². The molecule has 1 N–H and O–H groups in total. The minimum atomic E-state index is -0.118. The van der Waals surface area contributed by atoms with Gasteiger partial charge in [0.15, 0.2) is 0 Å². The summed E-state index contributed by atoms with van der Waals surface area (Å²) >= 11 is 0. The van der Waals surface area contributed by atoms with Gasteiger partial charge in [-0.2, -0.15) is 0 Å². The van der Waals surface area contributed by atoms with Gasteiger partial charge in [0.05, 0.1) is 11.9 Å². The van der Waals surface area contributed by atoms with E-state index in [1.807, 2.05) is 32.9 Å². The van der Waals surface area contributed by atoms with E-state index in [1.165, 1.54) is 0 Å². The zero-order valence-electron chi connectivity index (χ0n) is 11.0. The van der Waals surface area contributed by atoms with E-state index in [4.69, 9.17) is 0 Å². The summed E-state index contributed by atoms with van der Waals surface area (Å²) in [5.41, 5.74) is 2.49. The van der Waals surface area contributed by atoms with E-state index in [-0.39, 0.29) is 7.33 Å². The molecule has 0 aliphatic rings. The van der Waals surface area contributed by atoms with E-state index in [2.05, 4.69) is 10.3 Å². The number of carbonyl (C=O) groups excluding carboxylic acids is 1. The maximum absolute atomic E-state index is 11.8. The summed E-state index contributed by atoms with van der Waals surface area (Å²) in [6, 6.07) is 11.0. The van der Waals surface area contributed by atoms with Crippen LogP contribution in [0.4, 0.5) is 5.69 Å². The lowest BCUT2D eigenvalue weighted by molar-refractivity contribution is 0.102. The highest BCUT2D eigenvalue weighted by molar-refractivity contribution is 6.04. The number of pyridine rings is 1. The Hall–Kier alpha value is -2.16. The van der Waals surface area contributed by atoms with Crippen molar-refractivity contribution in [2.45, 2.75) is 20.8 Å². The lowest BCUT2D eigenvalue weighted by Gasteiger charge is -2.04. The molecule has 2 aromatic rings. The molecule has 0 fully saturated rings. The van der Waals surface area contributed by atoms with Gasteiger partial charge in [0.25, 0.3) is 5.91 Å². The second-order valence-electron chi connectivity index (χ2n) is 3.56. The number of hydrogen-bond donors (Lipinski definition) is 1. The number of benzene rings is 1. The number of carbonyl (C=O) groups is 1. The molecule has 0 bridgehead atoms. The molecule has 18 heavy (non-hydrogen) atoms. The van der Waals surface area contributed by atoms with E-state index in [0.29, 0.717) is 11.3 Å². The predicted octanol–water partition coefficient (Wildman–Crippen LogP) is 3.91. The Morgan fingerprint density at radius 2 is 1.83 bits per heavy atom. The molecule has 0 unspecified atom stereocenters. The summed E-state index contributed by atoms with van der Waals surface area (Å²) in [7, 11) is 0. The fraction of sp³-hybridized carbons (Fsp3) is 0.200. The first kappa shape index (κ1) is 13.9. The van der Waals surface area contributed by atoms with Crippen molar-refractivity contribution >= 4 is 11.6 Å². The number of nitrogens with one attached hydrogen (secondary N) is 1. The number of amides is 1. The van der Waals surface area contributed by atoms with Crippen molar-refractivity contribution in [2.24, 2.45) is 0 Å². The first-order valence-corrected chi connectivity index (χ1v) is 6.04. The molecule has 0 aliphatic carbocycles. The summed E-state index contributed by atoms with van der Waals surface area (Å²) in [5, 5.41) is 2.78. The first-order valence-electron chi connectivity index (χ1n) is 6.04. The van der Waals surface area contributed by atoms with Gasteiger partial charge < -0.3 is 5.32 Å². The molecule has 0 radical (unpaired) electrons. The molecule has 0 atom stereocenters. The molecule has 1 amide bonds. The van der Waals surface area contributed by atoms with E-state index in [1.54, 1.807) is 36.7 Å². The van der Waals surface area contributed by atoms with Crippen molar-refractivity contribution in [2.75, 3.05) is 5.32 Å². The molecule has 0 spiro atoms. The summed E-state index contributed by atoms with van der Waals surface area (Å²) in [6.45, 7) is 5.99.